The van der Waals surface area contributed by atoms with E-state index in [2.05, 4.69) is 21.3 Å². The summed E-state index contributed by atoms with van der Waals surface area (Å²) >= 11 is 0. The predicted molar refractivity (Wildman–Crippen MR) is 117 cm³/mol. The zero-order valence-corrected chi connectivity index (χ0v) is 18.3. The molecule has 0 bridgehead atoms. The van der Waals surface area contributed by atoms with E-state index in [0.29, 0.717) is 13.0 Å². The number of nitrogens with one attached hydrogen (secondary N) is 4. The molecule has 6 N–H and O–H groups in total. The number of carboxylic acids is 1. The van der Waals surface area contributed by atoms with Crippen molar-refractivity contribution in [1.29, 1.82) is 0 Å². The van der Waals surface area contributed by atoms with Gasteiger partial charge in [-0.15, -0.1) is 0 Å². The first kappa shape index (κ1) is 25.3. The minimum Gasteiger partial charge on any atom is -0.480 e. The number of aliphatic hydroxyl groups is 1. The fraction of sp³-hybridized carbons (Fsp3) is 0.545. The summed E-state index contributed by atoms with van der Waals surface area (Å²) in [6.07, 6.45) is 1.59. The highest BCUT2D eigenvalue weighted by molar-refractivity contribution is 5.94. The molecule has 32 heavy (non-hydrogen) atoms. The van der Waals surface area contributed by atoms with Gasteiger partial charge in [-0.1, -0.05) is 44.2 Å². The zero-order chi connectivity index (χ0) is 23.7. The highest BCUT2D eigenvalue weighted by Gasteiger charge is 2.32. The van der Waals surface area contributed by atoms with E-state index in [4.69, 9.17) is 0 Å². The minimum atomic E-state index is -1.24. The van der Waals surface area contributed by atoms with Crippen molar-refractivity contribution < 1.29 is 29.4 Å². The highest BCUT2D eigenvalue weighted by atomic mass is 16.4. The van der Waals surface area contributed by atoms with Crippen molar-refractivity contribution in [3.05, 3.63) is 35.9 Å². The van der Waals surface area contributed by atoms with Crippen LogP contribution < -0.4 is 21.3 Å². The summed E-state index contributed by atoms with van der Waals surface area (Å²) < 4.78 is 0. The Labute approximate surface area is 187 Å². The number of aliphatic hydroxyl groups excluding tert-OH is 1. The normalized spacial score (nSPS) is 18.4. The van der Waals surface area contributed by atoms with Crippen LogP contribution in [0.5, 0.6) is 0 Å². The summed E-state index contributed by atoms with van der Waals surface area (Å²) in [5.74, 6) is -3.34. The fourth-order valence-electron chi connectivity index (χ4n) is 3.47. The van der Waals surface area contributed by atoms with Gasteiger partial charge < -0.3 is 31.5 Å². The van der Waals surface area contributed by atoms with Crippen molar-refractivity contribution in [3.8, 4) is 0 Å². The second-order valence-corrected chi connectivity index (χ2v) is 8.21. The Balaban J connectivity index is 2.12. The van der Waals surface area contributed by atoms with Crippen LogP contribution in [-0.4, -0.2) is 71.2 Å². The van der Waals surface area contributed by atoms with Gasteiger partial charge in [0.2, 0.25) is 17.7 Å². The average molecular weight is 449 g/mol. The smallest absolute Gasteiger partial charge is 0.326 e. The maximum Gasteiger partial charge on any atom is 0.326 e. The first-order valence-corrected chi connectivity index (χ1v) is 10.7. The second-order valence-electron chi connectivity index (χ2n) is 8.21. The Morgan fingerprint density at radius 3 is 2.22 bits per heavy atom. The van der Waals surface area contributed by atoms with Crippen LogP contribution in [0.1, 0.15) is 32.3 Å². The molecular formula is C22H32N4O6. The van der Waals surface area contributed by atoms with Crippen LogP contribution >= 0.6 is 0 Å². The van der Waals surface area contributed by atoms with Crippen LogP contribution in [0.25, 0.3) is 0 Å². The Bertz CT molecular complexity index is 795. The number of hydrogen-bond donors (Lipinski definition) is 6. The minimum absolute atomic E-state index is 0.110. The molecule has 3 amide bonds. The van der Waals surface area contributed by atoms with Crippen LogP contribution in [0.2, 0.25) is 0 Å². The van der Waals surface area contributed by atoms with Crippen LogP contribution in [0, 0.1) is 5.92 Å². The Hall–Kier alpha value is -2.98. The number of carboxylic acid groups (broad SMARTS) is 1. The number of hydrogen-bond acceptors (Lipinski definition) is 6. The van der Waals surface area contributed by atoms with E-state index in [1.54, 1.807) is 38.1 Å². The number of benzene rings is 1. The number of carbonyl (C=O) groups excluding carboxylic acids is 3. The van der Waals surface area contributed by atoms with Crippen molar-refractivity contribution >= 4 is 23.7 Å². The largest absolute Gasteiger partial charge is 0.480 e. The Kier molecular flexibility index (Phi) is 9.61. The van der Waals surface area contributed by atoms with Crippen LogP contribution in [0.15, 0.2) is 30.3 Å². The van der Waals surface area contributed by atoms with E-state index >= 15 is 0 Å². The number of carbonyl (C=O) groups is 4. The molecule has 0 aromatic heterocycles. The molecule has 10 heteroatoms. The van der Waals surface area contributed by atoms with E-state index < -0.39 is 54.5 Å². The van der Waals surface area contributed by atoms with E-state index in [1.807, 2.05) is 6.07 Å². The molecule has 0 radical (unpaired) electrons. The maximum atomic E-state index is 12.9. The molecule has 0 spiro atoms. The second kappa shape index (κ2) is 12.2. The molecule has 10 nitrogen and oxygen atoms in total. The summed E-state index contributed by atoms with van der Waals surface area (Å²) in [4.78, 5) is 49.5. The summed E-state index contributed by atoms with van der Waals surface area (Å²) in [6, 6.07) is 5.04. The molecule has 1 fully saturated rings. The van der Waals surface area contributed by atoms with Gasteiger partial charge in [0.15, 0.2) is 0 Å². The van der Waals surface area contributed by atoms with Crippen molar-refractivity contribution in [2.24, 2.45) is 5.92 Å². The molecule has 1 aromatic carbocycles. The summed E-state index contributed by atoms with van der Waals surface area (Å²) in [6.45, 7) is 3.39. The van der Waals surface area contributed by atoms with Gasteiger partial charge in [-0.3, -0.25) is 14.4 Å². The molecule has 1 aliphatic heterocycles. The molecule has 176 valence electrons. The molecule has 1 aromatic rings. The summed E-state index contributed by atoms with van der Waals surface area (Å²) in [5, 5.41) is 29.6. The van der Waals surface area contributed by atoms with Crippen LogP contribution in [-0.2, 0) is 25.6 Å². The van der Waals surface area contributed by atoms with E-state index in [1.165, 1.54) is 0 Å². The lowest BCUT2D eigenvalue weighted by molar-refractivity contribution is -0.143. The maximum absolute atomic E-state index is 12.9. The van der Waals surface area contributed by atoms with Gasteiger partial charge in [0.25, 0.3) is 0 Å². The molecular weight excluding hydrogens is 416 g/mol. The van der Waals surface area contributed by atoms with Gasteiger partial charge >= 0.3 is 5.97 Å². The number of rotatable bonds is 11. The molecule has 1 heterocycles. The van der Waals surface area contributed by atoms with Crippen LogP contribution in [0.3, 0.4) is 0 Å². The lowest BCUT2D eigenvalue weighted by Crippen LogP contribution is -2.58. The summed E-state index contributed by atoms with van der Waals surface area (Å²) in [7, 11) is 0. The van der Waals surface area contributed by atoms with E-state index in [9.17, 15) is 29.4 Å². The van der Waals surface area contributed by atoms with Crippen molar-refractivity contribution in [3.63, 3.8) is 0 Å². The van der Waals surface area contributed by atoms with E-state index in [-0.39, 0.29) is 12.3 Å². The summed E-state index contributed by atoms with van der Waals surface area (Å²) in [5.41, 5.74) is 0.754. The first-order valence-electron chi connectivity index (χ1n) is 10.7. The lowest BCUT2D eigenvalue weighted by Gasteiger charge is -2.25. The first-order chi connectivity index (χ1) is 15.2. The van der Waals surface area contributed by atoms with E-state index in [0.717, 1.165) is 12.0 Å². The molecule has 0 saturated carbocycles. The lowest BCUT2D eigenvalue weighted by atomic mass is 10.0. The average Bonchev–Trinajstić information content (AvgIpc) is 3.30. The van der Waals surface area contributed by atoms with Gasteiger partial charge in [0.1, 0.15) is 18.1 Å². The van der Waals surface area contributed by atoms with Crippen molar-refractivity contribution in [2.75, 3.05) is 13.2 Å². The molecule has 4 unspecified atom stereocenters. The molecule has 1 aliphatic rings. The Morgan fingerprint density at radius 1 is 1.03 bits per heavy atom. The van der Waals surface area contributed by atoms with Gasteiger partial charge in [-0.25, -0.2) is 4.79 Å². The monoisotopic (exact) mass is 448 g/mol. The molecule has 4 atom stereocenters. The van der Waals surface area contributed by atoms with Gasteiger partial charge in [0.05, 0.1) is 12.6 Å². The third-order valence-electron chi connectivity index (χ3n) is 5.34. The molecule has 0 aliphatic carbocycles. The number of aliphatic carboxylic acids is 1. The highest BCUT2D eigenvalue weighted by Crippen LogP contribution is 2.08. The fourth-order valence-corrected chi connectivity index (χ4v) is 3.47. The topological polar surface area (TPSA) is 157 Å². The van der Waals surface area contributed by atoms with Crippen molar-refractivity contribution in [1.82, 2.24) is 21.3 Å². The SMILES string of the molecule is CC(C)C(NC(=O)C(Cc1ccccc1)NC(=O)C(CO)NC(=O)C1CCCN1)C(=O)O. The quantitative estimate of drug-likeness (QED) is 0.258. The molecule has 2 rings (SSSR count). The third-order valence-corrected chi connectivity index (χ3v) is 5.34. The van der Waals surface area contributed by atoms with Crippen molar-refractivity contribution in [2.45, 2.75) is 57.3 Å². The standard InChI is InChI=1S/C22H32N4O6/c1-13(2)18(22(31)32)26-20(29)16(11-14-7-4-3-5-8-14)24-21(30)17(12-27)25-19(28)15-9-6-10-23-15/h3-5,7-8,13,15-18,23,27H,6,9-12H2,1-2H3,(H,24,30)(H,25,28)(H,26,29)(H,31,32). The van der Waals surface area contributed by atoms with Gasteiger partial charge in [0, 0.05) is 6.42 Å². The van der Waals surface area contributed by atoms with Gasteiger partial charge in [-0.05, 0) is 30.9 Å². The zero-order valence-electron chi connectivity index (χ0n) is 18.3. The Morgan fingerprint density at radius 2 is 1.69 bits per heavy atom. The molecule has 1 saturated heterocycles. The number of amides is 3. The predicted octanol–water partition coefficient (Wildman–Crippen LogP) is -0.832. The van der Waals surface area contributed by atoms with Crippen LogP contribution in [0.4, 0.5) is 0 Å². The third kappa shape index (κ3) is 7.31. The van der Waals surface area contributed by atoms with Gasteiger partial charge in [-0.2, -0.15) is 0 Å².